The van der Waals surface area contributed by atoms with Crippen LogP contribution in [0, 0.1) is 5.92 Å². The van der Waals surface area contributed by atoms with Gasteiger partial charge in [-0.3, -0.25) is 9.59 Å². The highest BCUT2D eigenvalue weighted by Gasteiger charge is 2.34. The molecule has 1 aliphatic carbocycles. The van der Waals surface area contributed by atoms with Crippen LogP contribution in [0.3, 0.4) is 0 Å². The molecular weight excluding hydrogens is 313 g/mol. The van der Waals surface area contributed by atoms with Gasteiger partial charge in [-0.1, -0.05) is 19.8 Å². The van der Waals surface area contributed by atoms with E-state index in [0.717, 1.165) is 30.6 Å². The molecule has 0 aliphatic heterocycles. The second-order valence-electron chi connectivity index (χ2n) is 6.26. The van der Waals surface area contributed by atoms with E-state index in [0.29, 0.717) is 4.90 Å². The Hall–Kier alpha value is -1.31. The lowest BCUT2D eigenvalue weighted by molar-refractivity contribution is -0.168. The molecule has 0 saturated heterocycles. The summed E-state index contributed by atoms with van der Waals surface area (Å²) in [6, 6.07) is 0. The van der Waals surface area contributed by atoms with Crippen LogP contribution in [0.1, 0.15) is 32.6 Å². The van der Waals surface area contributed by atoms with E-state index in [9.17, 15) is 22.8 Å². The lowest BCUT2D eigenvalue weighted by Gasteiger charge is -2.30. The molecule has 0 aromatic heterocycles. The zero-order valence-corrected chi connectivity index (χ0v) is 13.9. The summed E-state index contributed by atoms with van der Waals surface area (Å²) in [5, 5.41) is 0. The third-order valence-electron chi connectivity index (χ3n) is 4.00. The Morgan fingerprint density at radius 2 is 1.74 bits per heavy atom. The van der Waals surface area contributed by atoms with E-state index in [1.165, 1.54) is 14.1 Å². The smallest absolute Gasteiger partial charge is 0.368 e. The number of hydrogen-bond donors (Lipinski definition) is 0. The summed E-state index contributed by atoms with van der Waals surface area (Å²) in [5.74, 6) is -1.08. The van der Waals surface area contributed by atoms with Crippen LogP contribution in [-0.2, 0) is 14.3 Å². The molecule has 134 valence electrons. The van der Waals surface area contributed by atoms with E-state index >= 15 is 0 Å². The first-order chi connectivity index (χ1) is 10.6. The number of carbonyl (C=O) groups is 2. The minimum Gasteiger partial charge on any atom is -0.368 e. The summed E-state index contributed by atoms with van der Waals surface area (Å²) in [6.07, 6.45) is -0.763. The largest absolute Gasteiger partial charge is 0.406 e. The first-order valence-electron chi connectivity index (χ1n) is 7.76. The predicted octanol–water partition coefficient (Wildman–Crippen LogP) is 2.06. The Morgan fingerprint density at radius 3 is 2.26 bits per heavy atom. The molecule has 1 rings (SSSR count). The molecule has 0 N–H and O–H groups in total. The maximum atomic E-state index is 12.6. The van der Waals surface area contributed by atoms with Gasteiger partial charge < -0.3 is 14.5 Å². The summed E-state index contributed by atoms with van der Waals surface area (Å²) in [6.45, 7) is -0.465. The highest BCUT2D eigenvalue weighted by Crippen LogP contribution is 2.26. The standard InChI is InChI=1S/C15H25F3N2O3/c1-11-6-4-5-7-12(11)23-9-14(22)20(10-15(16,17)18)8-13(21)19(2)3/h11-12H,4-10H2,1-3H3/t11-,12-/m1/s1. The van der Waals surface area contributed by atoms with E-state index in [1.807, 2.05) is 6.92 Å². The van der Waals surface area contributed by atoms with Gasteiger partial charge in [0.25, 0.3) is 0 Å². The SMILES string of the molecule is C[C@@H]1CCCC[C@H]1OCC(=O)N(CC(=O)N(C)C)CC(F)(F)F. The van der Waals surface area contributed by atoms with Crippen molar-refractivity contribution < 1.29 is 27.5 Å². The maximum absolute atomic E-state index is 12.6. The number of carbonyl (C=O) groups excluding carboxylic acids is 2. The summed E-state index contributed by atoms with van der Waals surface area (Å²) in [5.41, 5.74) is 0. The lowest BCUT2D eigenvalue weighted by Crippen LogP contribution is -2.46. The van der Waals surface area contributed by atoms with Gasteiger partial charge >= 0.3 is 6.18 Å². The van der Waals surface area contributed by atoms with Crippen molar-refractivity contribution in [1.82, 2.24) is 9.80 Å². The molecule has 0 bridgehead atoms. The molecule has 0 radical (unpaired) electrons. The van der Waals surface area contributed by atoms with Crippen molar-refractivity contribution in [2.24, 2.45) is 5.92 Å². The minimum absolute atomic E-state index is 0.106. The van der Waals surface area contributed by atoms with Gasteiger partial charge in [-0.25, -0.2) is 0 Å². The average Bonchev–Trinajstić information content (AvgIpc) is 2.43. The fourth-order valence-corrected chi connectivity index (χ4v) is 2.55. The van der Waals surface area contributed by atoms with E-state index in [-0.39, 0.29) is 12.0 Å². The maximum Gasteiger partial charge on any atom is 0.406 e. The number of hydrogen-bond acceptors (Lipinski definition) is 3. The molecule has 23 heavy (non-hydrogen) atoms. The molecule has 0 unspecified atom stereocenters. The molecule has 8 heteroatoms. The minimum atomic E-state index is -4.56. The highest BCUT2D eigenvalue weighted by atomic mass is 19.4. The number of alkyl halides is 3. The van der Waals surface area contributed by atoms with Crippen LogP contribution in [0.4, 0.5) is 13.2 Å². The zero-order valence-electron chi connectivity index (χ0n) is 13.9. The number of halogens is 3. The van der Waals surface area contributed by atoms with Gasteiger partial charge in [-0.2, -0.15) is 13.2 Å². The van der Waals surface area contributed by atoms with Crippen LogP contribution in [0.25, 0.3) is 0 Å². The summed E-state index contributed by atoms with van der Waals surface area (Å²) >= 11 is 0. The molecule has 1 fully saturated rings. The van der Waals surface area contributed by atoms with Crippen LogP contribution in [0.5, 0.6) is 0 Å². The quantitative estimate of drug-likeness (QED) is 0.745. The van der Waals surface area contributed by atoms with Crippen molar-refractivity contribution in [2.45, 2.75) is 44.9 Å². The van der Waals surface area contributed by atoms with Gasteiger partial charge in [0.05, 0.1) is 6.10 Å². The molecule has 0 aromatic rings. The van der Waals surface area contributed by atoms with Gasteiger partial charge in [-0.05, 0) is 18.8 Å². The van der Waals surface area contributed by atoms with E-state index in [1.54, 1.807) is 0 Å². The van der Waals surface area contributed by atoms with Crippen molar-refractivity contribution in [2.75, 3.05) is 33.8 Å². The Bertz CT molecular complexity index is 413. The van der Waals surface area contributed by atoms with Gasteiger partial charge in [-0.15, -0.1) is 0 Å². The molecule has 1 aliphatic rings. The normalized spacial score (nSPS) is 21.8. The Morgan fingerprint density at radius 1 is 1.13 bits per heavy atom. The number of amides is 2. The lowest BCUT2D eigenvalue weighted by atomic mass is 9.88. The fraction of sp³-hybridized carbons (Fsp3) is 0.867. The first kappa shape index (κ1) is 19.7. The molecule has 2 atom stereocenters. The second kappa shape index (κ2) is 8.52. The van der Waals surface area contributed by atoms with Gasteiger partial charge in [0.2, 0.25) is 11.8 Å². The molecule has 5 nitrogen and oxygen atoms in total. The Balaban J connectivity index is 2.61. The van der Waals surface area contributed by atoms with Crippen LogP contribution < -0.4 is 0 Å². The zero-order chi connectivity index (χ0) is 17.6. The third-order valence-corrected chi connectivity index (χ3v) is 4.00. The van der Waals surface area contributed by atoms with Crippen molar-refractivity contribution in [3.8, 4) is 0 Å². The van der Waals surface area contributed by atoms with Gasteiger partial charge in [0, 0.05) is 14.1 Å². The molecule has 0 spiro atoms. The summed E-state index contributed by atoms with van der Waals surface area (Å²) < 4.78 is 43.4. The van der Waals surface area contributed by atoms with Crippen molar-refractivity contribution >= 4 is 11.8 Å². The number of rotatable bonds is 6. The fourth-order valence-electron chi connectivity index (χ4n) is 2.55. The van der Waals surface area contributed by atoms with Gasteiger partial charge in [0.1, 0.15) is 19.7 Å². The topological polar surface area (TPSA) is 49.9 Å². The highest BCUT2D eigenvalue weighted by molar-refractivity contribution is 5.85. The number of nitrogens with zero attached hydrogens (tertiary/aromatic N) is 2. The first-order valence-corrected chi connectivity index (χ1v) is 7.76. The van der Waals surface area contributed by atoms with Crippen molar-refractivity contribution in [3.63, 3.8) is 0 Å². The second-order valence-corrected chi connectivity index (χ2v) is 6.26. The van der Waals surface area contributed by atoms with E-state index in [2.05, 4.69) is 0 Å². The molecular formula is C15H25F3N2O3. The van der Waals surface area contributed by atoms with Crippen LogP contribution in [-0.4, -0.2) is 67.7 Å². The van der Waals surface area contributed by atoms with E-state index in [4.69, 9.17) is 4.74 Å². The van der Waals surface area contributed by atoms with Crippen LogP contribution in [0.15, 0.2) is 0 Å². The number of ether oxygens (including phenoxy) is 1. The average molecular weight is 338 g/mol. The van der Waals surface area contributed by atoms with Gasteiger partial charge in [0.15, 0.2) is 0 Å². The van der Waals surface area contributed by atoms with Crippen molar-refractivity contribution in [1.29, 1.82) is 0 Å². The van der Waals surface area contributed by atoms with Crippen LogP contribution in [0.2, 0.25) is 0 Å². The Kier molecular flexibility index (Phi) is 7.31. The molecule has 2 amide bonds. The van der Waals surface area contributed by atoms with Crippen LogP contribution >= 0.6 is 0 Å². The predicted molar refractivity (Wildman–Crippen MR) is 78.7 cm³/mol. The number of likely N-dealkylation sites (N-methyl/N-ethyl adjacent to an activating group) is 1. The molecule has 0 heterocycles. The molecule has 1 saturated carbocycles. The van der Waals surface area contributed by atoms with E-state index < -0.39 is 37.7 Å². The third kappa shape index (κ3) is 7.20. The molecule has 0 aromatic carbocycles. The monoisotopic (exact) mass is 338 g/mol. The Labute approximate surface area is 134 Å². The summed E-state index contributed by atoms with van der Waals surface area (Å²) in [7, 11) is 2.86. The van der Waals surface area contributed by atoms with Crippen molar-refractivity contribution in [3.05, 3.63) is 0 Å². The summed E-state index contributed by atoms with van der Waals surface area (Å²) in [4.78, 5) is 25.3.